The van der Waals surface area contributed by atoms with Crippen LogP contribution in [0.25, 0.3) is 11.0 Å². The van der Waals surface area contributed by atoms with E-state index in [1.807, 2.05) is 12.3 Å². The summed E-state index contributed by atoms with van der Waals surface area (Å²) in [5.74, 6) is 0.995. The lowest BCUT2D eigenvalue weighted by Gasteiger charge is -2.19. The minimum Gasteiger partial charge on any atom is -0.359 e. The van der Waals surface area contributed by atoms with E-state index in [9.17, 15) is 0 Å². The molecule has 0 aliphatic carbocycles. The number of aromatic nitrogens is 3. The third-order valence-electron chi connectivity index (χ3n) is 2.79. The van der Waals surface area contributed by atoms with E-state index in [4.69, 9.17) is 0 Å². The first-order chi connectivity index (χ1) is 8.18. The molecular weight excluding hydrogens is 214 g/mol. The lowest BCUT2D eigenvalue weighted by atomic mass is 10.3. The van der Waals surface area contributed by atoms with Gasteiger partial charge in [-0.05, 0) is 33.1 Å². The van der Waals surface area contributed by atoms with E-state index >= 15 is 0 Å². The molecule has 0 aromatic carbocycles. The van der Waals surface area contributed by atoms with E-state index in [1.54, 1.807) is 6.33 Å². The first-order valence-corrected chi connectivity index (χ1v) is 5.82. The zero-order chi connectivity index (χ0) is 12.3. The van der Waals surface area contributed by atoms with Gasteiger partial charge in [0.05, 0.1) is 5.39 Å². The molecule has 0 spiro atoms. The van der Waals surface area contributed by atoms with Gasteiger partial charge in [-0.2, -0.15) is 0 Å². The number of hydrogen-bond acceptors (Lipinski definition) is 4. The highest BCUT2D eigenvalue weighted by Gasteiger charge is 2.08. The highest BCUT2D eigenvalue weighted by molar-refractivity contribution is 5.87. The van der Waals surface area contributed by atoms with Crippen LogP contribution in [-0.2, 0) is 0 Å². The van der Waals surface area contributed by atoms with E-state index in [-0.39, 0.29) is 0 Å². The van der Waals surface area contributed by atoms with Crippen LogP contribution in [0.4, 0.5) is 5.82 Å². The number of rotatable bonds is 5. The maximum absolute atomic E-state index is 4.36. The van der Waals surface area contributed by atoms with Gasteiger partial charge in [-0.15, -0.1) is 0 Å². The Hall–Kier alpha value is -1.62. The molecular formula is C12H19N5. The van der Waals surface area contributed by atoms with Crippen molar-refractivity contribution in [3.05, 3.63) is 18.6 Å². The summed E-state index contributed by atoms with van der Waals surface area (Å²) in [7, 11) is 6.26. The van der Waals surface area contributed by atoms with Crippen molar-refractivity contribution in [3.63, 3.8) is 0 Å². The van der Waals surface area contributed by atoms with E-state index in [2.05, 4.69) is 45.9 Å². The predicted molar refractivity (Wildman–Crippen MR) is 70.3 cm³/mol. The summed E-state index contributed by atoms with van der Waals surface area (Å²) in [6.07, 6.45) is 4.63. The summed E-state index contributed by atoms with van der Waals surface area (Å²) >= 11 is 0. The van der Waals surface area contributed by atoms with Gasteiger partial charge in [-0.25, -0.2) is 9.97 Å². The molecule has 0 radical (unpaired) electrons. The van der Waals surface area contributed by atoms with Crippen molar-refractivity contribution in [1.82, 2.24) is 19.9 Å². The van der Waals surface area contributed by atoms with Crippen LogP contribution in [0.3, 0.4) is 0 Å². The van der Waals surface area contributed by atoms with Gasteiger partial charge in [0.1, 0.15) is 17.8 Å². The zero-order valence-corrected chi connectivity index (χ0v) is 10.6. The second-order valence-corrected chi connectivity index (χ2v) is 4.52. The molecule has 0 fully saturated rings. The summed E-state index contributed by atoms with van der Waals surface area (Å²) in [6.45, 7) is 2.08. The summed E-state index contributed by atoms with van der Waals surface area (Å²) in [4.78, 5) is 16.0. The molecule has 17 heavy (non-hydrogen) atoms. The molecule has 2 aromatic rings. The second kappa shape index (κ2) is 5.14. The van der Waals surface area contributed by atoms with Gasteiger partial charge >= 0.3 is 0 Å². The van der Waals surface area contributed by atoms with Gasteiger partial charge in [-0.3, -0.25) is 0 Å². The third-order valence-corrected chi connectivity index (χ3v) is 2.79. The Morgan fingerprint density at radius 1 is 1.18 bits per heavy atom. The molecule has 0 saturated carbocycles. The average Bonchev–Trinajstić information content (AvgIpc) is 2.75. The summed E-state index contributed by atoms with van der Waals surface area (Å²) < 4.78 is 0. The van der Waals surface area contributed by atoms with Gasteiger partial charge in [-0.1, -0.05) is 0 Å². The Kier molecular flexibility index (Phi) is 3.58. The third kappa shape index (κ3) is 2.74. The lowest BCUT2D eigenvalue weighted by Crippen LogP contribution is -2.24. The van der Waals surface area contributed by atoms with Crippen molar-refractivity contribution in [2.45, 2.75) is 6.42 Å². The number of hydrogen-bond donors (Lipinski definition) is 1. The first kappa shape index (κ1) is 11.9. The van der Waals surface area contributed by atoms with E-state index in [1.165, 1.54) is 0 Å². The van der Waals surface area contributed by atoms with Gasteiger partial charge < -0.3 is 14.8 Å². The standard InChI is InChI=1S/C12H19N5/c1-16(2)7-4-8-17(3)12-10-5-6-13-11(10)14-9-15-12/h5-6,9H,4,7-8H2,1-3H3,(H,13,14,15). The van der Waals surface area contributed by atoms with Crippen LogP contribution in [0.2, 0.25) is 0 Å². The number of aromatic amines is 1. The van der Waals surface area contributed by atoms with Crippen molar-refractivity contribution in [2.24, 2.45) is 0 Å². The molecule has 2 aromatic heterocycles. The monoisotopic (exact) mass is 233 g/mol. The Labute approximate surface area is 101 Å². The fraction of sp³-hybridized carbons (Fsp3) is 0.500. The van der Waals surface area contributed by atoms with E-state index in [0.29, 0.717) is 0 Å². The van der Waals surface area contributed by atoms with Crippen molar-refractivity contribution in [2.75, 3.05) is 39.1 Å². The average molecular weight is 233 g/mol. The maximum atomic E-state index is 4.36. The fourth-order valence-corrected chi connectivity index (χ4v) is 1.89. The maximum Gasteiger partial charge on any atom is 0.142 e. The summed E-state index contributed by atoms with van der Waals surface area (Å²) in [5.41, 5.74) is 0.898. The molecule has 0 amide bonds. The molecule has 0 saturated heterocycles. The van der Waals surface area contributed by atoms with Crippen molar-refractivity contribution in [3.8, 4) is 0 Å². The second-order valence-electron chi connectivity index (χ2n) is 4.52. The van der Waals surface area contributed by atoms with Crippen LogP contribution in [0, 0.1) is 0 Å². The van der Waals surface area contributed by atoms with Crippen LogP contribution >= 0.6 is 0 Å². The Bertz CT molecular complexity index is 476. The smallest absolute Gasteiger partial charge is 0.142 e. The largest absolute Gasteiger partial charge is 0.359 e. The number of fused-ring (bicyclic) bond motifs is 1. The van der Waals surface area contributed by atoms with Crippen molar-refractivity contribution < 1.29 is 0 Å². The fourth-order valence-electron chi connectivity index (χ4n) is 1.89. The van der Waals surface area contributed by atoms with Gasteiger partial charge in [0.25, 0.3) is 0 Å². The highest BCUT2D eigenvalue weighted by Crippen LogP contribution is 2.20. The highest BCUT2D eigenvalue weighted by atomic mass is 15.2. The molecule has 0 aliphatic rings. The van der Waals surface area contributed by atoms with Crippen LogP contribution in [-0.4, -0.2) is 54.1 Å². The number of anilines is 1. The van der Waals surface area contributed by atoms with E-state index in [0.717, 1.165) is 36.4 Å². The lowest BCUT2D eigenvalue weighted by molar-refractivity contribution is 0.401. The van der Waals surface area contributed by atoms with Crippen molar-refractivity contribution in [1.29, 1.82) is 0 Å². The molecule has 0 atom stereocenters. The molecule has 5 nitrogen and oxygen atoms in total. The molecule has 5 heteroatoms. The van der Waals surface area contributed by atoms with Crippen LogP contribution < -0.4 is 4.90 Å². The SMILES string of the molecule is CN(C)CCCN(C)c1ncnc2[nH]ccc12. The minimum absolute atomic E-state index is 0.898. The van der Waals surface area contributed by atoms with Gasteiger partial charge in [0.2, 0.25) is 0 Å². The Morgan fingerprint density at radius 2 is 2.00 bits per heavy atom. The molecule has 1 N–H and O–H groups in total. The minimum atomic E-state index is 0.898. The van der Waals surface area contributed by atoms with Crippen molar-refractivity contribution >= 4 is 16.9 Å². The Balaban J connectivity index is 2.08. The van der Waals surface area contributed by atoms with Crippen LogP contribution in [0.15, 0.2) is 18.6 Å². The molecule has 0 bridgehead atoms. The molecule has 2 heterocycles. The zero-order valence-electron chi connectivity index (χ0n) is 10.6. The molecule has 0 unspecified atom stereocenters. The van der Waals surface area contributed by atoms with Gasteiger partial charge in [0, 0.05) is 19.8 Å². The molecule has 2 rings (SSSR count). The molecule has 0 aliphatic heterocycles. The summed E-state index contributed by atoms with van der Waals surface area (Å²) in [6, 6.07) is 2.02. The van der Waals surface area contributed by atoms with Crippen LogP contribution in [0.1, 0.15) is 6.42 Å². The predicted octanol–water partition coefficient (Wildman–Crippen LogP) is 1.35. The topological polar surface area (TPSA) is 48.1 Å². The number of nitrogens with zero attached hydrogens (tertiary/aromatic N) is 4. The Morgan fingerprint density at radius 3 is 2.76 bits per heavy atom. The number of H-pyrrole nitrogens is 1. The quantitative estimate of drug-likeness (QED) is 0.846. The van der Waals surface area contributed by atoms with Gasteiger partial charge in [0.15, 0.2) is 0 Å². The van der Waals surface area contributed by atoms with Crippen LogP contribution in [0.5, 0.6) is 0 Å². The normalized spacial score (nSPS) is 11.3. The van der Waals surface area contributed by atoms with E-state index < -0.39 is 0 Å². The first-order valence-electron chi connectivity index (χ1n) is 5.82. The summed E-state index contributed by atoms with van der Waals surface area (Å²) in [5, 5.41) is 1.08. The number of nitrogens with one attached hydrogen (secondary N) is 1. The molecule has 92 valence electrons.